The second-order valence-electron chi connectivity index (χ2n) is 6.41. The lowest BCUT2D eigenvalue weighted by atomic mass is 9.99. The minimum atomic E-state index is -0.867. The van der Waals surface area contributed by atoms with Crippen LogP contribution in [0.4, 0.5) is 5.69 Å². The number of carbonyl (C=O) groups excluding carboxylic acids is 2. The van der Waals surface area contributed by atoms with Crippen molar-refractivity contribution in [3.8, 4) is 0 Å². The topological polar surface area (TPSA) is 58.2 Å². The Bertz CT molecular complexity index is 545. The number of benzene rings is 1. The SMILES string of the molecule is CC(C)NC(=O)C1(C(=O)Nc2ccccc2C(C)C)CC1. The van der Waals surface area contributed by atoms with Crippen molar-refractivity contribution in [1.29, 1.82) is 0 Å². The summed E-state index contributed by atoms with van der Waals surface area (Å²) in [5, 5.41) is 5.80. The van der Waals surface area contributed by atoms with E-state index in [1.807, 2.05) is 38.1 Å². The first-order valence-electron chi connectivity index (χ1n) is 7.58. The molecule has 2 amide bonds. The Morgan fingerprint density at radius 2 is 1.67 bits per heavy atom. The number of amides is 2. The summed E-state index contributed by atoms with van der Waals surface area (Å²) in [6.45, 7) is 7.98. The van der Waals surface area contributed by atoms with Gasteiger partial charge < -0.3 is 10.6 Å². The Morgan fingerprint density at radius 3 is 2.19 bits per heavy atom. The summed E-state index contributed by atoms with van der Waals surface area (Å²) in [7, 11) is 0. The highest BCUT2D eigenvalue weighted by Gasteiger charge is 2.56. The van der Waals surface area contributed by atoms with Crippen molar-refractivity contribution in [3.05, 3.63) is 29.8 Å². The number of para-hydroxylation sites is 1. The third-order valence-electron chi connectivity index (χ3n) is 3.87. The van der Waals surface area contributed by atoms with E-state index in [1.165, 1.54) is 0 Å². The van der Waals surface area contributed by atoms with Crippen LogP contribution in [0.5, 0.6) is 0 Å². The van der Waals surface area contributed by atoms with E-state index in [0.29, 0.717) is 18.8 Å². The fraction of sp³-hybridized carbons (Fsp3) is 0.529. The molecule has 0 aromatic heterocycles. The quantitative estimate of drug-likeness (QED) is 0.818. The highest BCUT2D eigenvalue weighted by atomic mass is 16.2. The maximum atomic E-state index is 12.5. The van der Waals surface area contributed by atoms with Crippen LogP contribution >= 0.6 is 0 Å². The third kappa shape index (κ3) is 3.26. The normalized spacial score (nSPS) is 15.9. The molecule has 2 rings (SSSR count). The van der Waals surface area contributed by atoms with Crippen molar-refractivity contribution in [2.45, 2.75) is 52.5 Å². The largest absolute Gasteiger partial charge is 0.353 e. The summed E-state index contributed by atoms with van der Waals surface area (Å²) in [6.07, 6.45) is 1.25. The molecule has 1 aliphatic rings. The molecule has 1 aromatic rings. The number of anilines is 1. The van der Waals surface area contributed by atoms with Crippen molar-refractivity contribution in [3.63, 3.8) is 0 Å². The minimum Gasteiger partial charge on any atom is -0.353 e. The molecule has 0 radical (unpaired) electrons. The molecule has 0 saturated heterocycles. The molecule has 0 spiro atoms. The van der Waals surface area contributed by atoms with Crippen LogP contribution in [0.2, 0.25) is 0 Å². The van der Waals surface area contributed by atoms with Crippen molar-refractivity contribution in [2.24, 2.45) is 5.41 Å². The molecule has 0 atom stereocenters. The molecule has 0 heterocycles. The van der Waals surface area contributed by atoms with E-state index in [-0.39, 0.29) is 17.9 Å². The molecule has 1 aromatic carbocycles. The van der Waals surface area contributed by atoms with Gasteiger partial charge in [-0.25, -0.2) is 0 Å². The molecule has 1 aliphatic carbocycles. The molecule has 0 bridgehead atoms. The Kier molecular flexibility index (Phi) is 4.35. The van der Waals surface area contributed by atoms with Gasteiger partial charge in [-0.05, 0) is 44.2 Å². The lowest BCUT2D eigenvalue weighted by Gasteiger charge is -2.19. The molecule has 1 saturated carbocycles. The van der Waals surface area contributed by atoms with E-state index in [4.69, 9.17) is 0 Å². The Morgan fingerprint density at radius 1 is 1.05 bits per heavy atom. The van der Waals surface area contributed by atoms with Crippen molar-refractivity contribution in [1.82, 2.24) is 5.32 Å². The van der Waals surface area contributed by atoms with Crippen LogP contribution in [0.25, 0.3) is 0 Å². The molecule has 0 unspecified atom stereocenters. The zero-order valence-electron chi connectivity index (χ0n) is 13.2. The molecule has 4 heteroatoms. The van der Waals surface area contributed by atoms with Gasteiger partial charge in [-0.15, -0.1) is 0 Å². The highest BCUT2D eigenvalue weighted by molar-refractivity contribution is 6.13. The molecule has 1 fully saturated rings. The van der Waals surface area contributed by atoms with Gasteiger partial charge in [-0.2, -0.15) is 0 Å². The van der Waals surface area contributed by atoms with E-state index in [9.17, 15) is 9.59 Å². The minimum absolute atomic E-state index is 0.0470. The molecule has 21 heavy (non-hydrogen) atoms. The third-order valence-corrected chi connectivity index (χ3v) is 3.87. The van der Waals surface area contributed by atoms with E-state index in [2.05, 4.69) is 24.5 Å². The molecule has 4 nitrogen and oxygen atoms in total. The maximum absolute atomic E-state index is 12.5. The second kappa shape index (κ2) is 5.88. The van der Waals surface area contributed by atoms with Gasteiger partial charge in [0.15, 0.2) is 0 Å². The fourth-order valence-corrected chi connectivity index (χ4v) is 2.44. The van der Waals surface area contributed by atoms with Gasteiger partial charge in [-0.3, -0.25) is 9.59 Å². The van der Waals surface area contributed by atoms with Gasteiger partial charge in [0.05, 0.1) is 0 Å². The first-order valence-corrected chi connectivity index (χ1v) is 7.58. The summed E-state index contributed by atoms with van der Waals surface area (Å²) in [4.78, 5) is 24.7. The first kappa shape index (κ1) is 15.5. The molecule has 2 N–H and O–H groups in total. The molecule has 114 valence electrons. The lowest BCUT2D eigenvalue weighted by molar-refractivity contribution is -0.134. The van der Waals surface area contributed by atoms with Crippen LogP contribution in [0.15, 0.2) is 24.3 Å². The predicted molar refractivity (Wildman–Crippen MR) is 84.1 cm³/mol. The zero-order valence-corrected chi connectivity index (χ0v) is 13.2. The van der Waals surface area contributed by atoms with Gasteiger partial charge in [0.1, 0.15) is 5.41 Å². The average Bonchev–Trinajstić information content (AvgIpc) is 3.19. The van der Waals surface area contributed by atoms with Crippen LogP contribution in [-0.4, -0.2) is 17.9 Å². The average molecular weight is 288 g/mol. The number of nitrogens with one attached hydrogen (secondary N) is 2. The summed E-state index contributed by atoms with van der Waals surface area (Å²) < 4.78 is 0. The number of hydrogen-bond acceptors (Lipinski definition) is 2. The smallest absolute Gasteiger partial charge is 0.240 e. The van der Waals surface area contributed by atoms with E-state index in [1.54, 1.807) is 0 Å². The lowest BCUT2D eigenvalue weighted by Crippen LogP contribution is -2.42. The van der Waals surface area contributed by atoms with Crippen LogP contribution in [0.3, 0.4) is 0 Å². The van der Waals surface area contributed by atoms with Crippen LogP contribution in [0.1, 0.15) is 52.0 Å². The highest BCUT2D eigenvalue weighted by Crippen LogP contribution is 2.47. The maximum Gasteiger partial charge on any atom is 0.240 e. The molecular formula is C17H24N2O2. The van der Waals surface area contributed by atoms with Crippen LogP contribution in [0, 0.1) is 5.41 Å². The Hall–Kier alpha value is -1.84. The summed E-state index contributed by atoms with van der Waals surface area (Å²) in [5.74, 6) is -0.0214. The summed E-state index contributed by atoms with van der Waals surface area (Å²) in [6, 6.07) is 7.81. The summed E-state index contributed by atoms with van der Waals surface area (Å²) >= 11 is 0. The van der Waals surface area contributed by atoms with E-state index in [0.717, 1.165) is 11.3 Å². The van der Waals surface area contributed by atoms with Gasteiger partial charge in [0.2, 0.25) is 11.8 Å². The first-order chi connectivity index (χ1) is 9.86. The van der Waals surface area contributed by atoms with Crippen LogP contribution < -0.4 is 10.6 Å². The van der Waals surface area contributed by atoms with Gasteiger partial charge in [-0.1, -0.05) is 32.0 Å². The number of rotatable bonds is 5. The zero-order chi connectivity index (χ0) is 15.6. The fourth-order valence-electron chi connectivity index (χ4n) is 2.44. The summed E-state index contributed by atoms with van der Waals surface area (Å²) in [5.41, 5.74) is 1.03. The van der Waals surface area contributed by atoms with Crippen molar-refractivity contribution < 1.29 is 9.59 Å². The molecular weight excluding hydrogens is 264 g/mol. The van der Waals surface area contributed by atoms with Crippen LogP contribution in [-0.2, 0) is 9.59 Å². The van der Waals surface area contributed by atoms with Gasteiger partial charge >= 0.3 is 0 Å². The second-order valence-corrected chi connectivity index (χ2v) is 6.41. The van der Waals surface area contributed by atoms with E-state index < -0.39 is 5.41 Å². The van der Waals surface area contributed by atoms with E-state index >= 15 is 0 Å². The predicted octanol–water partition coefficient (Wildman–Crippen LogP) is 3.05. The van der Waals surface area contributed by atoms with Gasteiger partial charge in [0.25, 0.3) is 0 Å². The van der Waals surface area contributed by atoms with Gasteiger partial charge in [0, 0.05) is 11.7 Å². The number of hydrogen-bond donors (Lipinski definition) is 2. The monoisotopic (exact) mass is 288 g/mol. The van der Waals surface area contributed by atoms with Crippen molar-refractivity contribution in [2.75, 3.05) is 5.32 Å². The molecule has 0 aliphatic heterocycles. The van der Waals surface area contributed by atoms with Crippen molar-refractivity contribution >= 4 is 17.5 Å². The number of carbonyl (C=O) groups is 2. The Balaban J connectivity index is 2.14. The Labute approximate surface area is 126 Å². The standard InChI is InChI=1S/C17H24N2O2/c1-11(2)13-7-5-6-8-14(13)19-16(21)17(9-10-17)15(20)18-12(3)4/h5-8,11-12H,9-10H2,1-4H3,(H,18,20)(H,19,21).